The van der Waals surface area contributed by atoms with Crippen LogP contribution < -0.4 is 5.32 Å². The number of amides is 1. The number of carbonyl (C=O) groups excluding carboxylic acids is 1. The zero-order valence-electron chi connectivity index (χ0n) is 9.42. The first-order valence-corrected chi connectivity index (χ1v) is 6.13. The normalized spacial score (nSPS) is 13.3. The molecule has 1 amide bonds. The monoisotopic (exact) mass is 304 g/mol. The van der Waals surface area contributed by atoms with E-state index in [2.05, 4.69) is 26.2 Å². The molecule has 0 fully saturated rings. The molecule has 0 saturated heterocycles. The van der Waals surface area contributed by atoms with Crippen molar-refractivity contribution in [3.05, 3.63) is 28.5 Å². The van der Waals surface area contributed by atoms with Gasteiger partial charge >= 0.3 is 0 Å². The van der Waals surface area contributed by atoms with Crippen molar-refractivity contribution in [2.45, 2.75) is 31.7 Å². The van der Waals surface area contributed by atoms with Gasteiger partial charge in [0.05, 0.1) is 16.5 Å². The Balaban J connectivity index is 2.81. The lowest BCUT2D eigenvalue weighted by molar-refractivity contribution is 0.0912. The molecule has 16 heavy (non-hydrogen) atoms. The standard InChI is InChI=1S/C11H14BrClN2O/c1-7(13)11(2,3)15-10(16)8-4-9(12)6-14-5-8/h4-7H,1-3H3,(H,15,16). The van der Waals surface area contributed by atoms with Crippen molar-refractivity contribution in [2.75, 3.05) is 0 Å². The average molecular weight is 306 g/mol. The molecule has 0 aromatic carbocycles. The highest BCUT2D eigenvalue weighted by atomic mass is 79.9. The molecule has 0 bridgehead atoms. The lowest BCUT2D eigenvalue weighted by atomic mass is 10.0. The number of carbonyl (C=O) groups is 1. The summed E-state index contributed by atoms with van der Waals surface area (Å²) in [5.41, 5.74) is 0.0563. The third-order valence-electron chi connectivity index (χ3n) is 2.40. The van der Waals surface area contributed by atoms with E-state index in [1.54, 1.807) is 12.3 Å². The summed E-state index contributed by atoms with van der Waals surface area (Å²) >= 11 is 9.26. The Kier molecular flexibility index (Phi) is 4.33. The van der Waals surface area contributed by atoms with Gasteiger partial charge in [0.1, 0.15) is 0 Å². The van der Waals surface area contributed by atoms with E-state index < -0.39 is 5.54 Å². The predicted octanol–water partition coefficient (Wildman–Crippen LogP) is 2.98. The van der Waals surface area contributed by atoms with Crippen molar-refractivity contribution >= 4 is 33.4 Å². The third kappa shape index (κ3) is 3.46. The molecule has 0 aliphatic carbocycles. The van der Waals surface area contributed by atoms with Crippen molar-refractivity contribution in [3.63, 3.8) is 0 Å². The van der Waals surface area contributed by atoms with Gasteiger partial charge in [0.15, 0.2) is 0 Å². The van der Waals surface area contributed by atoms with Crippen molar-refractivity contribution in [3.8, 4) is 0 Å². The van der Waals surface area contributed by atoms with Crippen LogP contribution in [0.25, 0.3) is 0 Å². The molecular weight excluding hydrogens is 291 g/mol. The van der Waals surface area contributed by atoms with E-state index in [1.807, 2.05) is 20.8 Å². The Morgan fingerprint density at radius 1 is 1.56 bits per heavy atom. The van der Waals surface area contributed by atoms with Gasteiger partial charge in [-0.15, -0.1) is 11.6 Å². The van der Waals surface area contributed by atoms with E-state index in [0.29, 0.717) is 5.56 Å². The summed E-state index contributed by atoms with van der Waals surface area (Å²) in [4.78, 5) is 15.8. The third-order valence-corrected chi connectivity index (χ3v) is 3.38. The van der Waals surface area contributed by atoms with Crippen molar-refractivity contribution in [1.82, 2.24) is 10.3 Å². The van der Waals surface area contributed by atoms with Crippen molar-refractivity contribution < 1.29 is 4.79 Å². The lowest BCUT2D eigenvalue weighted by Crippen LogP contribution is -2.49. The Morgan fingerprint density at radius 3 is 2.69 bits per heavy atom. The maximum atomic E-state index is 11.9. The van der Waals surface area contributed by atoms with Crippen LogP contribution in [0, 0.1) is 0 Å². The number of nitrogens with one attached hydrogen (secondary N) is 1. The zero-order valence-corrected chi connectivity index (χ0v) is 11.8. The maximum absolute atomic E-state index is 11.9. The summed E-state index contributed by atoms with van der Waals surface area (Å²) in [6.07, 6.45) is 3.15. The molecule has 0 radical (unpaired) electrons. The molecule has 1 aromatic rings. The molecule has 1 unspecified atom stereocenters. The first kappa shape index (κ1) is 13.5. The number of nitrogens with zero attached hydrogens (tertiary/aromatic N) is 1. The van der Waals surface area contributed by atoms with Gasteiger partial charge in [0.25, 0.3) is 5.91 Å². The second-order valence-electron chi connectivity index (χ2n) is 4.18. The number of alkyl halides is 1. The number of pyridine rings is 1. The van der Waals surface area contributed by atoms with Crippen LogP contribution in [0.3, 0.4) is 0 Å². The maximum Gasteiger partial charge on any atom is 0.253 e. The van der Waals surface area contributed by atoms with Gasteiger partial charge in [0, 0.05) is 16.9 Å². The summed E-state index contributed by atoms with van der Waals surface area (Å²) in [6.45, 7) is 5.61. The number of hydrogen-bond acceptors (Lipinski definition) is 2. The van der Waals surface area contributed by atoms with Crippen LogP contribution in [0.15, 0.2) is 22.9 Å². The zero-order chi connectivity index (χ0) is 12.3. The molecule has 0 saturated carbocycles. The van der Waals surface area contributed by atoms with Gasteiger partial charge in [0.2, 0.25) is 0 Å². The van der Waals surface area contributed by atoms with Gasteiger partial charge in [-0.05, 0) is 42.8 Å². The van der Waals surface area contributed by atoms with Crippen molar-refractivity contribution in [2.24, 2.45) is 0 Å². The minimum absolute atomic E-state index is 0.156. The fourth-order valence-corrected chi connectivity index (χ4v) is 1.42. The molecule has 1 heterocycles. The summed E-state index contributed by atoms with van der Waals surface area (Å²) in [7, 11) is 0. The molecule has 0 aliphatic heterocycles. The fourth-order valence-electron chi connectivity index (χ4n) is 1.00. The number of aromatic nitrogens is 1. The van der Waals surface area contributed by atoms with E-state index in [4.69, 9.17) is 11.6 Å². The summed E-state index contributed by atoms with van der Waals surface area (Å²) in [5, 5.41) is 2.71. The smallest absolute Gasteiger partial charge is 0.253 e. The molecule has 5 heteroatoms. The van der Waals surface area contributed by atoms with Gasteiger partial charge in [-0.3, -0.25) is 9.78 Å². The average Bonchev–Trinajstić information content (AvgIpc) is 2.16. The number of rotatable bonds is 3. The van der Waals surface area contributed by atoms with E-state index in [-0.39, 0.29) is 11.3 Å². The highest BCUT2D eigenvalue weighted by molar-refractivity contribution is 9.10. The largest absolute Gasteiger partial charge is 0.346 e. The molecule has 0 aliphatic rings. The second-order valence-corrected chi connectivity index (χ2v) is 5.75. The fraction of sp³-hybridized carbons (Fsp3) is 0.455. The summed E-state index contributed by atoms with van der Waals surface area (Å²) in [6, 6.07) is 1.72. The van der Waals surface area contributed by atoms with Crippen LogP contribution in [0.5, 0.6) is 0 Å². The predicted molar refractivity (Wildman–Crippen MR) is 68.8 cm³/mol. The lowest BCUT2D eigenvalue weighted by Gasteiger charge is -2.28. The molecule has 1 aromatic heterocycles. The molecule has 1 rings (SSSR count). The topological polar surface area (TPSA) is 42.0 Å². The van der Waals surface area contributed by atoms with E-state index in [1.165, 1.54) is 6.20 Å². The van der Waals surface area contributed by atoms with E-state index in [0.717, 1.165) is 4.47 Å². The van der Waals surface area contributed by atoms with E-state index in [9.17, 15) is 4.79 Å². The molecule has 1 N–H and O–H groups in total. The van der Waals surface area contributed by atoms with Gasteiger partial charge in [-0.2, -0.15) is 0 Å². The minimum atomic E-state index is -0.457. The summed E-state index contributed by atoms with van der Waals surface area (Å²) < 4.78 is 0.775. The van der Waals surface area contributed by atoms with Crippen LogP contribution in [0.1, 0.15) is 31.1 Å². The van der Waals surface area contributed by atoms with Crippen LogP contribution in [-0.4, -0.2) is 21.8 Å². The first-order chi connectivity index (χ1) is 7.33. The second kappa shape index (κ2) is 5.15. The van der Waals surface area contributed by atoms with Crippen LogP contribution in [0.4, 0.5) is 0 Å². The molecule has 3 nitrogen and oxygen atoms in total. The Bertz CT molecular complexity index is 393. The van der Waals surface area contributed by atoms with Crippen LogP contribution >= 0.6 is 27.5 Å². The van der Waals surface area contributed by atoms with Gasteiger partial charge in [-0.25, -0.2) is 0 Å². The Labute approximate surface area is 109 Å². The SMILES string of the molecule is CC(Cl)C(C)(C)NC(=O)c1cncc(Br)c1. The molecular formula is C11H14BrClN2O. The summed E-state index contributed by atoms with van der Waals surface area (Å²) in [5.74, 6) is -0.175. The molecule has 88 valence electrons. The van der Waals surface area contributed by atoms with Crippen LogP contribution in [0.2, 0.25) is 0 Å². The van der Waals surface area contributed by atoms with Crippen LogP contribution in [-0.2, 0) is 0 Å². The first-order valence-electron chi connectivity index (χ1n) is 4.90. The molecule has 1 atom stereocenters. The van der Waals surface area contributed by atoms with Gasteiger partial charge in [-0.1, -0.05) is 0 Å². The quantitative estimate of drug-likeness (QED) is 0.872. The molecule has 0 spiro atoms. The van der Waals surface area contributed by atoms with E-state index >= 15 is 0 Å². The van der Waals surface area contributed by atoms with Crippen molar-refractivity contribution in [1.29, 1.82) is 0 Å². The number of hydrogen-bond donors (Lipinski definition) is 1. The number of halogens is 2. The highest BCUT2D eigenvalue weighted by Crippen LogP contribution is 2.16. The Morgan fingerprint density at radius 2 is 2.19 bits per heavy atom. The van der Waals surface area contributed by atoms with Gasteiger partial charge < -0.3 is 5.32 Å². The minimum Gasteiger partial charge on any atom is -0.346 e. The highest BCUT2D eigenvalue weighted by Gasteiger charge is 2.26. The Hall–Kier alpha value is -0.610.